The Morgan fingerprint density at radius 3 is 2.67 bits per heavy atom. The van der Waals surface area contributed by atoms with Crippen LogP contribution in [-0.2, 0) is 0 Å². The minimum atomic E-state index is -0.0449. The van der Waals surface area contributed by atoms with E-state index in [1.807, 2.05) is 11.8 Å². The van der Waals surface area contributed by atoms with Gasteiger partial charge in [0, 0.05) is 11.0 Å². The Hall–Kier alpha value is 0.310. The van der Waals surface area contributed by atoms with E-state index in [0.29, 0.717) is 5.25 Å². The minimum absolute atomic E-state index is 0.0449. The highest BCUT2D eigenvalue weighted by molar-refractivity contribution is 7.99. The van der Waals surface area contributed by atoms with Crippen molar-refractivity contribution < 1.29 is 5.11 Å². The smallest absolute Gasteiger partial charge is 0.0633 e. The molecule has 2 atom stereocenters. The van der Waals surface area contributed by atoms with Gasteiger partial charge in [-0.2, -0.15) is 11.8 Å². The van der Waals surface area contributed by atoms with Crippen molar-refractivity contribution in [3.8, 4) is 0 Å². The van der Waals surface area contributed by atoms with Crippen LogP contribution in [-0.4, -0.2) is 22.2 Å². The summed E-state index contributed by atoms with van der Waals surface area (Å²) in [7, 11) is 0. The van der Waals surface area contributed by atoms with E-state index < -0.39 is 0 Å². The van der Waals surface area contributed by atoms with Crippen LogP contribution >= 0.6 is 11.8 Å². The maximum absolute atomic E-state index is 9.58. The second-order valence-corrected chi connectivity index (χ2v) is 5.36. The molecule has 1 aliphatic rings. The molecule has 0 bridgehead atoms. The Morgan fingerprint density at radius 2 is 2.17 bits per heavy atom. The molecule has 1 rings (SSSR count). The van der Waals surface area contributed by atoms with Crippen molar-refractivity contribution in [1.29, 1.82) is 0 Å². The van der Waals surface area contributed by atoms with Crippen molar-refractivity contribution >= 4 is 11.8 Å². The van der Waals surface area contributed by atoms with Crippen LogP contribution in [0.3, 0.4) is 0 Å². The van der Waals surface area contributed by atoms with E-state index in [4.69, 9.17) is 0 Å². The van der Waals surface area contributed by atoms with Gasteiger partial charge in [0.15, 0.2) is 0 Å². The Kier molecular flexibility index (Phi) is 4.44. The van der Waals surface area contributed by atoms with Gasteiger partial charge in [-0.05, 0) is 18.8 Å². The van der Waals surface area contributed by atoms with Gasteiger partial charge in [-0.3, -0.25) is 0 Å². The van der Waals surface area contributed by atoms with Gasteiger partial charge in [0.1, 0.15) is 0 Å². The average molecular weight is 188 g/mol. The first-order valence-electron chi connectivity index (χ1n) is 5.02. The summed E-state index contributed by atoms with van der Waals surface area (Å²) in [4.78, 5) is 0. The van der Waals surface area contributed by atoms with Crippen molar-refractivity contribution in [3.63, 3.8) is 0 Å². The van der Waals surface area contributed by atoms with Crippen molar-refractivity contribution in [2.75, 3.05) is 5.75 Å². The third-order valence-corrected chi connectivity index (χ3v) is 3.93. The second kappa shape index (κ2) is 5.13. The van der Waals surface area contributed by atoms with Gasteiger partial charge in [0.25, 0.3) is 0 Å². The largest absolute Gasteiger partial charge is 0.392 e. The fourth-order valence-corrected chi connectivity index (χ4v) is 2.12. The van der Waals surface area contributed by atoms with Crippen molar-refractivity contribution in [2.24, 2.45) is 5.92 Å². The molecule has 0 aliphatic heterocycles. The predicted molar refractivity (Wildman–Crippen MR) is 55.6 cm³/mol. The monoisotopic (exact) mass is 188 g/mol. The molecule has 0 aromatic rings. The highest BCUT2D eigenvalue weighted by Crippen LogP contribution is 2.34. The van der Waals surface area contributed by atoms with Crippen molar-refractivity contribution in [3.05, 3.63) is 0 Å². The lowest BCUT2D eigenvalue weighted by molar-refractivity contribution is 0.182. The molecule has 0 saturated heterocycles. The number of thioether (sulfide) groups is 1. The first-order valence-corrected chi connectivity index (χ1v) is 6.07. The number of hydrogen-bond donors (Lipinski definition) is 1. The molecule has 0 aromatic carbocycles. The van der Waals surface area contributed by atoms with Crippen LogP contribution in [0.5, 0.6) is 0 Å². The van der Waals surface area contributed by atoms with Crippen molar-refractivity contribution in [2.45, 2.75) is 50.9 Å². The Morgan fingerprint density at radius 1 is 1.50 bits per heavy atom. The summed E-state index contributed by atoms with van der Waals surface area (Å²) in [6, 6.07) is 0. The molecule has 2 heteroatoms. The van der Waals surface area contributed by atoms with E-state index in [-0.39, 0.29) is 6.10 Å². The first-order chi connectivity index (χ1) is 5.72. The second-order valence-electron chi connectivity index (χ2n) is 3.89. The molecule has 0 radical (unpaired) electrons. The van der Waals surface area contributed by atoms with Gasteiger partial charge < -0.3 is 5.11 Å². The molecule has 1 nitrogen and oxygen atoms in total. The van der Waals surface area contributed by atoms with E-state index in [2.05, 4.69) is 13.8 Å². The van der Waals surface area contributed by atoms with Crippen LogP contribution < -0.4 is 0 Å². The quantitative estimate of drug-likeness (QED) is 0.691. The molecule has 0 aromatic heterocycles. The zero-order valence-electron chi connectivity index (χ0n) is 8.12. The standard InChI is InChI=1S/C10H20OS/c1-3-8(2)12-7-10(11)6-9-4-5-9/h8-11H,3-7H2,1-2H3. The third-order valence-electron chi connectivity index (χ3n) is 2.45. The summed E-state index contributed by atoms with van der Waals surface area (Å²) in [5.74, 6) is 1.79. The molecular formula is C10H20OS. The van der Waals surface area contributed by atoms with E-state index in [0.717, 1.165) is 18.1 Å². The summed E-state index contributed by atoms with van der Waals surface area (Å²) in [5, 5.41) is 10.3. The van der Waals surface area contributed by atoms with Crippen LogP contribution in [0.2, 0.25) is 0 Å². The highest BCUT2D eigenvalue weighted by Gasteiger charge is 2.24. The molecule has 1 aliphatic carbocycles. The van der Waals surface area contributed by atoms with E-state index >= 15 is 0 Å². The van der Waals surface area contributed by atoms with Gasteiger partial charge in [-0.15, -0.1) is 0 Å². The molecule has 12 heavy (non-hydrogen) atoms. The van der Waals surface area contributed by atoms with E-state index in [1.54, 1.807) is 0 Å². The molecule has 0 amide bonds. The fourth-order valence-electron chi connectivity index (χ4n) is 1.20. The molecular weight excluding hydrogens is 168 g/mol. The molecule has 2 unspecified atom stereocenters. The molecule has 1 N–H and O–H groups in total. The lowest BCUT2D eigenvalue weighted by Crippen LogP contribution is -2.12. The highest BCUT2D eigenvalue weighted by atomic mass is 32.2. The minimum Gasteiger partial charge on any atom is -0.392 e. The molecule has 0 spiro atoms. The number of rotatable bonds is 6. The fraction of sp³-hybridized carbons (Fsp3) is 1.00. The summed E-state index contributed by atoms with van der Waals surface area (Å²) >= 11 is 1.90. The molecule has 72 valence electrons. The average Bonchev–Trinajstić information content (AvgIpc) is 2.84. The van der Waals surface area contributed by atoms with Gasteiger partial charge >= 0.3 is 0 Å². The SMILES string of the molecule is CCC(C)SCC(O)CC1CC1. The topological polar surface area (TPSA) is 20.2 Å². The first kappa shape index (κ1) is 10.4. The van der Waals surface area contributed by atoms with Gasteiger partial charge in [-0.25, -0.2) is 0 Å². The summed E-state index contributed by atoms with van der Waals surface area (Å²) < 4.78 is 0. The normalized spacial score (nSPS) is 22.2. The van der Waals surface area contributed by atoms with Crippen LogP contribution in [0.25, 0.3) is 0 Å². The summed E-state index contributed by atoms with van der Waals surface area (Å²) in [5.41, 5.74) is 0. The van der Waals surface area contributed by atoms with Gasteiger partial charge in [0.2, 0.25) is 0 Å². The molecule has 1 saturated carbocycles. The molecule has 0 heterocycles. The van der Waals surface area contributed by atoms with Gasteiger partial charge in [-0.1, -0.05) is 26.7 Å². The lowest BCUT2D eigenvalue weighted by Gasteiger charge is -2.12. The maximum atomic E-state index is 9.58. The molecule has 1 fully saturated rings. The van der Waals surface area contributed by atoms with Crippen LogP contribution in [0.4, 0.5) is 0 Å². The van der Waals surface area contributed by atoms with E-state index in [9.17, 15) is 5.11 Å². The van der Waals surface area contributed by atoms with Crippen molar-refractivity contribution in [1.82, 2.24) is 0 Å². The predicted octanol–water partition coefficient (Wildman–Crippen LogP) is 2.68. The maximum Gasteiger partial charge on any atom is 0.0633 e. The number of aliphatic hydroxyl groups is 1. The number of aliphatic hydroxyl groups excluding tert-OH is 1. The van der Waals surface area contributed by atoms with Crippen LogP contribution in [0.15, 0.2) is 0 Å². The van der Waals surface area contributed by atoms with Gasteiger partial charge in [0.05, 0.1) is 6.10 Å². The van der Waals surface area contributed by atoms with E-state index in [1.165, 1.54) is 19.3 Å². The van der Waals surface area contributed by atoms with Crippen LogP contribution in [0.1, 0.15) is 39.5 Å². The Balaban J connectivity index is 1.96. The Labute approximate surface area is 79.9 Å². The zero-order valence-corrected chi connectivity index (χ0v) is 8.94. The zero-order chi connectivity index (χ0) is 8.97. The number of hydrogen-bond acceptors (Lipinski definition) is 2. The Bertz CT molecular complexity index is 123. The van der Waals surface area contributed by atoms with Crippen LogP contribution in [0, 0.1) is 5.92 Å². The summed E-state index contributed by atoms with van der Waals surface area (Å²) in [6.07, 6.45) is 4.91. The lowest BCUT2D eigenvalue weighted by atomic mass is 10.2. The third kappa shape index (κ3) is 4.36. The summed E-state index contributed by atoms with van der Waals surface area (Å²) in [6.45, 7) is 4.43.